The minimum atomic E-state index is -1.08. The zero-order chi connectivity index (χ0) is 27.2. The molecule has 0 spiro atoms. The number of carbonyl (C=O) groups excluding carboxylic acids is 3. The lowest BCUT2D eigenvalue weighted by atomic mass is 9.77. The van der Waals surface area contributed by atoms with E-state index in [1.807, 2.05) is 91.0 Å². The number of carbonyl (C=O) groups is 3. The van der Waals surface area contributed by atoms with Gasteiger partial charge in [-0.15, -0.1) is 0 Å². The molecule has 0 radical (unpaired) electrons. The quantitative estimate of drug-likeness (QED) is 0.169. The summed E-state index contributed by atoms with van der Waals surface area (Å²) in [5.74, 6) is -1.30. The van der Waals surface area contributed by atoms with Gasteiger partial charge in [-0.3, -0.25) is 9.59 Å². The Hall–Kier alpha value is -3.93. The van der Waals surface area contributed by atoms with E-state index in [4.69, 9.17) is 4.74 Å². The molecule has 0 heterocycles. The first kappa shape index (κ1) is 28.6. The van der Waals surface area contributed by atoms with Crippen molar-refractivity contribution in [2.75, 3.05) is 7.11 Å². The molecule has 3 aromatic carbocycles. The minimum absolute atomic E-state index is 0.248. The number of hydrogen-bond donors (Lipinski definition) is 2. The third-order valence-electron chi connectivity index (χ3n) is 6.67. The minimum Gasteiger partial charge on any atom is -0.467 e. The second kappa shape index (κ2) is 14.7. The fraction of sp³-hybridized carbons (Fsp3) is 0.344. The lowest BCUT2D eigenvalue weighted by Gasteiger charge is -2.37. The van der Waals surface area contributed by atoms with E-state index in [2.05, 4.69) is 17.6 Å². The van der Waals surface area contributed by atoms with E-state index >= 15 is 0 Å². The standard InChI is InChI=1S/C32H38N2O4/c1-3-4-5-6-16-23-29(35)33-28(31(37)38-2)24-30(36)34-32(25-17-10-7-11-18-25,26-19-12-8-13-20-26)27-21-14-9-15-22-27/h7-15,17-22,28H,3-6,16,23-24H2,1-2H3,(H,33,35)(H,34,36)/t28-/m1/s1. The molecule has 0 aliphatic rings. The molecule has 0 aliphatic heterocycles. The average Bonchev–Trinajstić information content (AvgIpc) is 2.96. The van der Waals surface area contributed by atoms with Crippen LogP contribution in [0.15, 0.2) is 91.0 Å². The van der Waals surface area contributed by atoms with Gasteiger partial charge in [0.05, 0.1) is 13.5 Å². The normalized spacial score (nSPS) is 11.8. The first-order chi connectivity index (χ1) is 18.5. The number of nitrogens with one attached hydrogen (secondary N) is 2. The molecule has 0 unspecified atom stereocenters. The SMILES string of the molecule is CCCCCCCC(=O)N[C@H](CC(=O)NC(c1ccccc1)(c1ccccc1)c1ccccc1)C(=O)OC. The average molecular weight is 515 g/mol. The van der Waals surface area contributed by atoms with E-state index in [9.17, 15) is 14.4 Å². The molecule has 0 saturated heterocycles. The van der Waals surface area contributed by atoms with E-state index in [-0.39, 0.29) is 18.2 Å². The molecular formula is C32H38N2O4. The van der Waals surface area contributed by atoms with Gasteiger partial charge in [-0.2, -0.15) is 0 Å². The van der Waals surface area contributed by atoms with Crippen molar-refractivity contribution in [2.45, 2.75) is 63.5 Å². The summed E-state index contributed by atoms with van der Waals surface area (Å²) in [6.07, 6.45) is 5.10. The lowest BCUT2D eigenvalue weighted by molar-refractivity contribution is -0.146. The van der Waals surface area contributed by atoms with Crippen LogP contribution in [0, 0.1) is 0 Å². The molecule has 3 aromatic rings. The van der Waals surface area contributed by atoms with Gasteiger partial charge < -0.3 is 15.4 Å². The number of benzene rings is 3. The van der Waals surface area contributed by atoms with Crippen LogP contribution in [0.1, 0.15) is 68.6 Å². The molecule has 200 valence electrons. The number of esters is 1. The Balaban J connectivity index is 1.88. The Kier molecular flexibility index (Phi) is 11.1. The maximum atomic E-state index is 13.7. The summed E-state index contributed by atoms with van der Waals surface area (Å²) >= 11 is 0. The van der Waals surface area contributed by atoms with Gasteiger partial charge in [0.25, 0.3) is 0 Å². The summed E-state index contributed by atoms with van der Waals surface area (Å²) in [6.45, 7) is 2.14. The largest absolute Gasteiger partial charge is 0.467 e. The van der Waals surface area contributed by atoms with Crippen molar-refractivity contribution >= 4 is 17.8 Å². The highest BCUT2D eigenvalue weighted by molar-refractivity contribution is 5.90. The molecule has 3 rings (SSSR count). The summed E-state index contributed by atoms with van der Waals surface area (Å²) in [4.78, 5) is 38.8. The fourth-order valence-corrected chi connectivity index (χ4v) is 4.72. The van der Waals surface area contributed by atoms with E-state index in [0.717, 1.165) is 48.8 Å². The van der Waals surface area contributed by atoms with Crippen molar-refractivity contribution in [2.24, 2.45) is 0 Å². The molecule has 0 saturated carbocycles. The van der Waals surface area contributed by atoms with Crippen molar-refractivity contribution in [3.8, 4) is 0 Å². The number of rotatable bonds is 14. The Labute approximate surface area is 225 Å². The molecular weight excluding hydrogens is 476 g/mol. The second-order valence-electron chi connectivity index (χ2n) is 9.41. The lowest BCUT2D eigenvalue weighted by Crippen LogP contribution is -2.51. The molecule has 2 N–H and O–H groups in total. The Morgan fingerprint density at radius 2 is 1.18 bits per heavy atom. The van der Waals surface area contributed by atoms with Gasteiger partial charge in [0.15, 0.2) is 0 Å². The van der Waals surface area contributed by atoms with Crippen LogP contribution in [0.4, 0.5) is 0 Å². The van der Waals surface area contributed by atoms with Crippen molar-refractivity contribution in [3.05, 3.63) is 108 Å². The highest BCUT2D eigenvalue weighted by atomic mass is 16.5. The van der Waals surface area contributed by atoms with E-state index in [0.29, 0.717) is 6.42 Å². The molecule has 6 heteroatoms. The van der Waals surface area contributed by atoms with Crippen LogP contribution in [0.5, 0.6) is 0 Å². The highest BCUT2D eigenvalue weighted by Gasteiger charge is 2.38. The topological polar surface area (TPSA) is 84.5 Å². The summed E-state index contributed by atoms with van der Waals surface area (Å²) in [5.41, 5.74) is 1.61. The van der Waals surface area contributed by atoms with Gasteiger partial charge >= 0.3 is 5.97 Å². The van der Waals surface area contributed by atoms with Crippen LogP contribution < -0.4 is 10.6 Å². The zero-order valence-corrected chi connectivity index (χ0v) is 22.3. The van der Waals surface area contributed by atoms with Gasteiger partial charge in [0.2, 0.25) is 11.8 Å². The second-order valence-corrected chi connectivity index (χ2v) is 9.41. The van der Waals surface area contributed by atoms with Gasteiger partial charge in [-0.25, -0.2) is 4.79 Å². The van der Waals surface area contributed by atoms with Crippen LogP contribution in [-0.4, -0.2) is 30.9 Å². The summed E-state index contributed by atoms with van der Waals surface area (Å²) < 4.78 is 4.92. The number of ether oxygens (including phenoxy) is 1. The molecule has 0 aliphatic carbocycles. The first-order valence-electron chi connectivity index (χ1n) is 13.4. The van der Waals surface area contributed by atoms with Crippen LogP contribution in [0.2, 0.25) is 0 Å². The van der Waals surface area contributed by atoms with Crippen molar-refractivity contribution in [3.63, 3.8) is 0 Å². The molecule has 0 fully saturated rings. The van der Waals surface area contributed by atoms with Crippen LogP contribution in [0.25, 0.3) is 0 Å². The van der Waals surface area contributed by atoms with E-state index < -0.39 is 17.6 Å². The summed E-state index contributed by atoms with van der Waals surface area (Å²) in [5, 5.41) is 5.95. The number of hydrogen-bond acceptors (Lipinski definition) is 4. The summed E-state index contributed by atoms with van der Waals surface area (Å²) in [6, 6.07) is 28.1. The van der Waals surface area contributed by atoms with Crippen LogP contribution in [0.3, 0.4) is 0 Å². The van der Waals surface area contributed by atoms with Crippen molar-refractivity contribution in [1.82, 2.24) is 10.6 Å². The van der Waals surface area contributed by atoms with Gasteiger partial charge in [0, 0.05) is 6.42 Å². The maximum absolute atomic E-state index is 13.7. The van der Waals surface area contributed by atoms with E-state index in [1.54, 1.807) is 0 Å². The smallest absolute Gasteiger partial charge is 0.328 e. The maximum Gasteiger partial charge on any atom is 0.328 e. The Morgan fingerprint density at radius 1 is 0.711 bits per heavy atom. The van der Waals surface area contributed by atoms with Crippen LogP contribution >= 0.6 is 0 Å². The van der Waals surface area contributed by atoms with Gasteiger partial charge in [-0.1, -0.05) is 124 Å². The molecule has 2 amide bonds. The molecule has 38 heavy (non-hydrogen) atoms. The third kappa shape index (κ3) is 7.54. The molecule has 6 nitrogen and oxygen atoms in total. The number of amides is 2. The number of methoxy groups -OCH3 is 1. The molecule has 0 bridgehead atoms. The predicted molar refractivity (Wildman–Crippen MR) is 149 cm³/mol. The molecule has 0 aromatic heterocycles. The predicted octanol–water partition coefficient (Wildman–Crippen LogP) is 5.50. The monoisotopic (exact) mass is 514 g/mol. The Morgan fingerprint density at radius 3 is 1.63 bits per heavy atom. The highest BCUT2D eigenvalue weighted by Crippen LogP contribution is 2.36. The summed E-state index contributed by atoms with van der Waals surface area (Å²) in [7, 11) is 1.26. The zero-order valence-electron chi connectivity index (χ0n) is 22.3. The third-order valence-corrected chi connectivity index (χ3v) is 6.67. The van der Waals surface area contributed by atoms with Crippen LogP contribution in [-0.2, 0) is 24.7 Å². The van der Waals surface area contributed by atoms with Gasteiger partial charge in [0.1, 0.15) is 11.6 Å². The Bertz CT molecular complexity index is 1050. The number of unbranched alkanes of at least 4 members (excludes halogenated alkanes) is 4. The van der Waals surface area contributed by atoms with Gasteiger partial charge in [-0.05, 0) is 23.1 Å². The van der Waals surface area contributed by atoms with E-state index in [1.165, 1.54) is 7.11 Å². The fourth-order valence-electron chi connectivity index (χ4n) is 4.72. The van der Waals surface area contributed by atoms with Crippen molar-refractivity contribution < 1.29 is 19.1 Å². The molecule has 1 atom stereocenters. The van der Waals surface area contributed by atoms with Crippen molar-refractivity contribution in [1.29, 1.82) is 0 Å². The first-order valence-corrected chi connectivity index (χ1v) is 13.4.